The fraction of sp³-hybridized carbons (Fsp3) is 0.100. The third-order valence-electron chi connectivity index (χ3n) is 3.72. The summed E-state index contributed by atoms with van der Waals surface area (Å²) in [6, 6.07) is 16.1. The van der Waals surface area contributed by atoms with E-state index in [-0.39, 0.29) is 20.8 Å². The van der Waals surface area contributed by atoms with Gasteiger partial charge in [0.1, 0.15) is 5.75 Å². The molecule has 0 aliphatic heterocycles. The first-order valence-electron chi connectivity index (χ1n) is 8.14. The number of rotatable bonds is 6. The predicted octanol–water partition coefficient (Wildman–Crippen LogP) is 5.36. The molecule has 0 unspecified atom stereocenters. The van der Waals surface area contributed by atoms with Crippen LogP contribution in [0.2, 0.25) is 15.1 Å². The van der Waals surface area contributed by atoms with Gasteiger partial charge in [0.15, 0.2) is 13.2 Å². The van der Waals surface area contributed by atoms with Crippen LogP contribution in [0.5, 0.6) is 5.75 Å². The summed E-state index contributed by atoms with van der Waals surface area (Å²) in [5.74, 6) is -0.999. The summed E-state index contributed by atoms with van der Waals surface area (Å²) in [6.07, 6.45) is 0. The molecule has 1 N–H and O–H groups in total. The minimum Gasteiger partial charge on any atom is -0.480 e. The topological polar surface area (TPSA) is 64.6 Å². The van der Waals surface area contributed by atoms with Gasteiger partial charge in [-0.1, -0.05) is 65.1 Å². The Morgan fingerprint density at radius 1 is 0.821 bits per heavy atom. The van der Waals surface area contributed by atoms with E-state index >= 15 is 0 Å². The first-order valence-corrected chi connectivity index (χ1v) is 9.27. The first kappa shape index (κ1) is 20.3. The molecule has 3 aromatic carbocycles. The summed E-state index contributed by atoms with van der Waals surface area (Å²) in [6.45, 7) is -0.870. The molecule has 0 atom stereocenters. The molecule has 0 saturated carbocycles. The number of carbonyl (C=O) groups excluding carboxylic acids is 2. The highest BCUT2D eigenvalue weighted by atomic mass is 35.5. The van der Waals surface area contributed by atoms with Crippen molar-refractivity contribution in [1.82, 2.24) is 0 Å². The Kier molecular flexibility index (Phi) is 6.62. The van der Waals surface area contributed by atoms with Crippen molar-refractivity contribution in [3.8, 4) is 5.75 Å². The predicted molar refractivity (Wildman–Crippen MR) is 111 cm³/mol. The van der Waals surface area contributed by atoms with Crippen LogP contribution < -0.4 is 10.1 Å². The smallest absolute Gasteiger partial charge is 0.344 e. The monoisotopic (exact) mass is 437 g/mol. The fourth-order valence-electron chi connectivity index (χ4n) is 2.40. The van der Waals surface area contributed by atoms with E-state index in [0.29, 0.717) is 5.69 Å². The fourth-order valence-corrected chi connectivity index (χ4v) is 2.99. The second kappa shape index (κ2) is 9.15. The number of anilines is 1. The van der Waals surface area contributed by atoms with Gasteiger partial charge in [-0.3, -0.25) is 4.79 Å². The van der Waals surface area contributed by atoms with E-state index in [1.807, 2.05) is 36.4 Å². The number of carbonyl (C=O) groups is 2. The quantitative estimate of drug-likeness (QED) is 0.415. The number of fused-ring (bicyclic) bond motifs is 1. The van der Waals surface area contributed by atoms with Crippen LogP contribution >= 0.6 is 34.8 Å². The number of hydrogen-bond donors (Lipinski definition) is 1. The Morgan fingerprint density at radius 3 is 2.32 bits per heavy atom. The SMILES string of the molecule is O=C(COC(=O)COc1cc(Cl)c(Cl)cc1Cl)Nc1ccc2ccccc2c1. The van der Waals surface area contributed by atoms with Crippen molar-refractivity contribution in [2.24, 2.45) is 0 Å². The van der Waals surface area contributed by atoms with Crippen LogP contribution in [-0.2, 0) is 14.3 Å². The molecule has 28 heavy (non-hydrogen) atoms. The lowest BCUT2D eigenvalue weighted by atomic mass is 10.1. The first-order chi connectivity index (χ1) is 13.4. The normalized spacial score (nSPS) is 10.5. The largest absolute Gasteiger partial charge is 0.480 e. The number of amides is 1. The molecule has 0 bridgehead atoms. The Hall–Kier alpha value is -2.47. The van der Waals surface area contributed by atoms with Crippen molar-refractivity contribution in [3.05, 3.63) is 69.7 Å². The van der Waals surface area contributed by atoms with E-state index < -0.39 is 25.1 Å². The molecule has 8 heteroatoms. The molecule has 0 radical (unpaired) electrons. The van der Waals surface area contributed by atoms with E-state index in [1.54, 1.807) is 6.07 Å². The van der Waals surface area contributed by atoms with Gasteiger partial charge in [0.25, 0.3) is 5.91 Å². The summed E-state index contributed by atoms with van der Waals surface area (Å²) in [5.41, 5.74) is 0.610. The lowest BCUT2D eigenvalue weighted by Crippen LogP contribution is -2.23. The maximum atomic E-state index is 12.0. The number of esters is 1. The van der Waals surface area contributed by atoms with Gasteiger partial charge in [0, 0.05) is 11.8 Å². The Balaban J connectivity index is 1.48. The van der Waals surface area contributed by atoms with E-state index in [1.165, 1.54) is 12.1 Å². The molecule has 0 heterocycles. The van der Waals surface area contributed by atoms with Crippen LogP contribution in [0.3, 0.4) is 0 Å². The molecular formula is C20H14Cl3NO4. The average Bonchev–Trinajstić information content (AvgIpc) is 2.68. The zero-order chi connectivity index (χ0) is 20.1. The molecule has 0 aliphatic rings. The molecule has 1 amide bonds. The van der Waals surface area contributed by atoms with E-state index in [2.05, 4.69) is 5.32 Å². The highest BCUT2D eigenvalue weighted by Crippen LogP contribution is 2.33. The molecule has 3 aromatic rings. The van der Waals surface area contributed by atoms with Crippen LogP contribution in [0.15, 0.2) is 54.6 Å². The van der Waals surface area contributed by atoms with Crippen molar-refractivity contribution < 1.29 is 19.1 Å². The van der Waals surface area contributed by atoms with Crippen LogP contribution in [0.1, 0.15) is 0 Å². The second-order valence-electron chi connectivity index (χ2n) is 5.76. The van der Waals surface area contributed by atoms with Gasteiger partial charge in [-0.05, 0) is 29.0 Å². The maximum Gasteiger partial charge on any atom is 0.344 e. The number of nitrogens with one attached hydrogen (secondary N) is 1. The maximum absolute atomic E-state index is 12.0. The van der Waals surface area contributed by atoms with Crippen molar-refractivity contribution in [1.29, 1.82) is 0 Å². The summed E-state index contributed by atoms with van der Waals surface area (Å²) in [7, 11) is 0. The van der Waals surface area contributed by atoms with Crippen molar-refractivity contribution in [2.75, 3.05) is 18.5 Å². The molecule has 0 saturated heterocycles. The summed E-state index contributed by atoms with van der Waals surface area (Å²) in [5, 5.41) is 5.44. The third-order valence-corrected chi connectivity index (χ3v) is 4.74. The van der Waals surface area contributed by atoms with Gasteiger partial charge in [0.05, 0.1) is 15.1 Å². The van der Waals surface area contributed by atoms with E-state index in [0.717, 1.165) is 10.8 Å². The zero-order valence-corrected chi connectivity index (χ0v) is 16.6. The highest BCUT2D eigenvalue weighted by molar-refractivity contribution is 6.43. The van der Waals surface area contributed by atoms with Gasteiger partial charge >= 0.3 is 5.97 Å². The Labute approximate surface area is 176 Å². The number of halogens is 3. The summed E-state index contributed by atoms with van der Waals surface area (Å²) >= 11 is 17.7. The summed E-state index contributed by atoms with van der Waals surface area (Å²) < 4.78 is 10.2. The van der Waals surface area contributed by atoms with Crippen LogP contribution in [-0.4, -0.2) is 25.1 Å². The lowest BCUT2D eigenvalue weighted by Gasteiger charge is -2.10. The molecule has 5 nitrogen and oxygen atoms in total. The average molecular weight is 439 g/mol. The van der Waals surface area contributed by atoms with Crippen LogP contribution in [0, 0.1) is 0 Å². The molecule has 0 fully saturated rings. The van der Waals surface area contributed by atoms with Crippen molar-refractivity contribution in [3.63, 3.8) is 0 Å². The minimum absolute atomic E-state index is 0.189. The van der Waals surface area contributed by atoms with Gasteiger partial charge in [-0.25, -0.2) is 4.79 Å². The Morgan fingerprint density at radius 2 is 1.54 bits per heavy atom. The minimum atomic E-state index is -0.726. The third kappa shape index (κ3) is 5.29. The molecule has 3 rings (SSSR count). The molecule has 0 aliphatic carbocycles. The number of hydrogen-bond acceptors (Lipinski definition) is 4. The molecule has 144 valence electrons. The zero-order valence-electron chi connectivity index (χ0n) is 14.4. The number of ether oxygens (including phenoxy) is 2. The molecule has 0 aromatic heterocycles. The van der Waals surface area contributed by atoms with Gasteiger partial charge < -0.3 is 14.8 Å². The lowest BCUT2D eigenvalue weighted by molar-refractivity contribution is -0.149. The number of benzene rings is 3. The van der Waals surface area contributed by atoms with Gasteiger partial charge in [0.2, 0.25) is 0 Å². The van der Waals surface area contributed by atoms with E-state index in [9.17, 15) is 9.59 Å². The van der Waals surface area contributed by atoms with E-state index in [4.69, 9.17) is 44.3 Å². The Bertz CT molecular complexity index is 1040. The van der Waals surface area contributed by atoms with Crippen LogP contribution in [0.4, 0.5) is 5.69 Å². The standard InChI is InChI=1S/C20H14Cl3NO4/c21-15-8-17(23)18(9-16(15)22)27-11-20(26)28-10-19(25)24-14-6-5-12-3-1-2-4-13(12)7-14/h1-9H,10-11H2,(H,24,25). The van der Waals surface area contributed by atoms with Crippen molar-refractivity contribution in [2.45, 2.75) is 0 Å². The van der Waals surface area contributed by atoms with Gasteiger partial charge in [-0.15, -0.1) is 0 Å². The molecular weight excluding hydrogens is 425 g/mol. The van der Waals surface area contributed by atoms with Crippen molar-refractivity contribution >= 4 is 63.1 Å². The highest BCUT2D eigenvalue weighted by Gasteiger charge is 2.12. The second-order valence-corrected chi connectivity index (χ2v) is 6.98. The molecule has 0 spiro atoms. The van der Waals surface area contributed by atoms with Gasteiger partial charge in [-0.2, -0.15) is 0 Å². The van der Waals surface area contributed by atoms with Crippen LogP contribution in [0.25, 0.3) is 10.8 Å². The summed E-state index contributed by atoms with van der Waals surface area (Å²) in [4.78, 5) is 23.8.